The van der Waals surface area contributed by atoms with E-state index in [9.17, 15) is 0 Å². The second-order valence-corrected chi connectivity index (χ2v) is 5.20. The Labute approximate surface area is 115 Å². The van der Waals surface area contributed by atoms with Crippen molar-refractivity contribution in [1.29, 1.82) is 0 Å². The van der Waals surface area contributed by atoms with Gasteiger partial charge in [-0.05, 0) is 39.0 Å². The fraction of sp³-hybridized carbons (Fsp3) is 0.769. The van der Waals surface area contributed by atoms with E-state index in [-0.39, 0.29) is 0 Å². The van der Waals surface area contributed by atoms with Gasteiger partial charge < -0.3 is 16.0 Å². The minimum atomic E-state index is 0.674. The molecule has 0 aromatic carbocycles. The number of nitrogens with zero attached hydrogens (tertiary/aromatic N) is 2. The van der Waals surface area contributed by atoms with Gasteiger partial charge in [0.2, 0.25) is 0 Å². The fourth-order valence-electron chi connectivity index (χ4n) is 1.85. The molecule has 0 amide bonds. The van der Waals surface area contributed by atoms with Crippen molar-refractivity contribution in [3.8, 4) is 0 Å². The summed E-state index contributed by atoms with van der Waals surface area (Å²) in [7, 11) is 0. The molecular weight excluding hydrogens is 244 g/mol. The molecule has 0 aliphatic carbocycles. The number of nitrogens with two attached hydrogens (primary N) is 1. The Morgan fingerprint density at radius 1 is 1.33 bits per heavy atom. The molecule has 1 aromatic rings. The highest BCUT2D eigenvalue weighted by Gasteiger charge is 2.01. The molecule has 0 unspecified atom stereocenters. The third-order valence-corrected chi connectivity index (χ3v) is 3.87. The highest BCUT2D eigenvalue weighted by molar-refractivity contribution is 7.13. The molecule has 0 spiro atoms. The first-order valence-corrected chi connectivity index (χ1v) is 7.78. The summed E-state index contributed by atoms with van der Waals surface area (Å²) >= 11 is 1.67. The van der Waals surface area contributed by atoms with E-state index in [0.29, 0.717) is 6.54 Å². The molecule has 0 aliphatic rings. The number of aromatic nitrogens is 1. The summed E-state index contributed by atoms with van der Waals surface area (Å²) in [6, 6.07) is 0. The Bertz CT molecular complexity index is 310. The minimum absolute atomic E-state index is 0.674. The van der Waals surface area contributed by atoms with Crippen LogP contribution in [0.2, 0.25) is 0 Å². The van der Waals surface area contributed by atoms with Crippen molar-refractivity contribution in [1.82, 2.24) is 9.88 Å². The van der Waals surface area contributed by atoms with Gasteiger partial charge >= 0.3 is 0 Å². The molecule has 18 heavy (non-hydrogen) atoms. The van der Waals surface area contributed by atoms with Crippen LogP contribution in [0, 0.1) is 0 Å². The molecule has 1 heterocycles. The zero-order valence-electron chi connectivity index (χ0n) is 11.6. The minimum Gasteiger partial charge on any atom is -0.362 e. The lowest BCUT2D eigenvalue weighted by Crippen LogP contribution is -2.24. The molecule has 0 fully saturated rings. The van der Waals surface area contributed by atoms with Crippen LogP contribution in [0.25, 0.3) is 0 Å². The summed E-state index contributed by atoms with van der Waals surface area (Å²) in [6.07, 6.45) is 3.32. The fourth-order valence-corrected chi connectivity index (χ4v) is 2.62. The first-order chi connectivity index (χ1) is 8.80. The van der Waals surface area contributed by atoms with Crippen molar-refractivity contribution in [2.75, 3.05) is 38.0 Å². The van der Waals surface area contributed by atoms with E-state index in [4.69, 9.17) is 5.73 Å². The van der Waals surface area contributed by atoms with E-state index in [0.717, 1.165) is 36.9 Å². The predicted octanol–water partition coefficient (Wildman–Crippen LogP) is 2.18. The number of unbranched alkanes of at least 4 members (excludes halogenated alkanes) is 1. The number of hydrogen-bond donors (Lipinski definition) is 2. The molecule has 104 valence electrons. The van der Waals surface area contributed by atoms with Crippen LogP contribution < -0.4 is 11.1 Å². The largest absolute Gasteiger partial charge is 0.362 e. The van der Waals surface area contributed by atoms with Gasteiger partial charge in [0, 0.05) is 18.3 Å². The lowest BCUT2D eigenvalue weighted by atomic mass is 10.3. The summed E-state index contributed by atoms with van der Waals surface area (Å²) in [5.74, 6) is 0. The highest BCUT2D eigenvalue weighted by Crippen LogP contribution is 2.15. The molecule has 4 nitrogen and oxygen atoms in total. The quantitative estimate of drug-likeness (QED) is 0.640. The van der Waals surface area contributed by atoms with Crippen LogP contribution in [0.1, 0.15) is 32.4 Å². The monoisotopic (exact) mass is 270 g/mol. The molecule has 0 saturated heterocycles. The van der Waals surface area contributed by atoms with Crippen LogP contribution in [0.5, 0.6) is 0 Å². The zero-order valence-corrected chi connectivity index (χ0v) is 12.4. The smallest absolute Gasteiger partial charge is 0.182 e. The maximum absolute atomic E-state index is 5.50. The Hall–Kier alpha value is -0.650. The number of nitrogens with one attached hydrogen (secondary N) is 1. The first-order valence-electron chi connectivity index (χ1n) is 6.90. The van der Waals surface area contributed by atoms with Gasteiger partial charge in [-0.2, -0.15) is 0 Å². The SMILES string of the molecule is CCN(CC)CCCCNc1nc(CCN)cs1. The summed E-state index contributed by atoms with van der Waals surface area (Å²) in [4.78, 5) is 6.94. The predicted molar refractivity (Wildman–Crippen MR) is 80.4 cm³/mol. The molecule has 0 aliphatic heterocycles. The third-order valence-electron chi connectivity index (χ3n) is 3.02. The van der Waals surface area contributed by atoms with Gasteiger partial charge in [-0.25, -0.2) is 4.98 Å². The summed E-state index contributed by atoms with van der Waals surface area (Å²) in [5, 5.41) is 6.50. The third kappa shape index (κ3) is 5.80. The normalized spacial score (nSPS) is 11.1. The lowest BCUT2D eigenvalue weighted by molar-refractivity contribution is 0.298. The van der Waals surface area contributed by atoms with Crippen LogP contribution in [-0.4, -0.2) is 42.6 Å². The van der Waals surface area contributed by atoms with E-state index in [1.54, 1.807) is 11.3 Å². The van der Waals surface area contributed by atoms with Gasteiger partial charge in [-0.3, -0.25) is 0 Å². The molecule has 0 saturated carbocycles. The van der Waals surface area contributed by atoms with Crippen LogP contribution in [0.3, 0.4) is 0 Å². The molecule has 3 N–H and O–H groups in total. The van der Waals surface area contributed by atoms with Gasteiger partial charge in [0.15, 0.2) is 5.13 Å². The van der Waals surface area contributed by atoms with Crippen molar-refractivity contribution in [2.24, 2.45) is 5.73 Å². The molecule has 1 aromatic heterocycles. The zero-order chi connectivity index (χ0) is 13.2. The summed E-state index contributed by atoms with van der Waals surface area (Å²) in [5.41, 5.74) is 6.61. The van der Waals surface area contributed by atoms with Gasteiger partial charge in [0.1, 0.15) is 0 Å². The average molecular weight is 270 g/mol. The Balaban J connectivity index is 2.09. The highest BCUT2D eigenvalue weighted by atomic mass is 32.1. The Kier molecular flexibility index (Phi) is 7.96. The van der Waals surface area contributed by atoms with Gasteiger partial charge in [0.05, 0.1) is 5.69 Å². The van der Waals surface area contributed by atoms with Crippen LogP contribution in [0.15, 0.2) is 5.38 Å². The van der Waals surface area contributed by atoms with Gasteiger partial charge in [-0.1, -0.05) is 13.8 Å². The van der Waals surface area contributed by atoms with Crippen LogP contribution >= 0.6 is 11.3 Å². The van der Waals surface area contributed by atoms with E-state index >= 15 is 0 Å². The van der Waals surface area contributed by atoms with Crippen LogP contribution in [-0.2, 0) is 6.42 Å². The number of thiazole rings is 1. The molecule has 0 atom stereocenters. The summed E-state index contributed by atoms with van der Waals surface area (Å²) in [6.45, 7) is 9.62. The van der Waals surface area contributed by atoms with Crippen molar-refractivity contribution in [3.63, 3.8) is 0 Å². The van der Waals surface area contributed by atoms with Crippen molar-refractivity contribution < 1.29 is 0 Å². The summed E-state index contributed by atoms with van der Waals surface area (Å²) < 4.78 is 0. The van der Waals surface area contributed by atoms with Gasteiger partial charge in [-0.15, -0.1) is 11.3 Å². The van der Waals surface area contributed by atoms with E-state index < -0.39 is 0 Å². The van der Waals surface area contributed by atoms with Crippen molar-refractivity contribution in [3.05, 3.63) is 11.1 Å². The topological polar surface area (TPSA) is 54.2 Å². The molecule has 1 rings (SSSR count). The van der Waals surface area contributed by atoms with Crippen molar-refractivity contribution in [2.45, 2.75) is 33.1 Å². The van der Waals surface area contributed by atoms with E-state index in [1.165, 1.54) is 19.4 Å². The van der Waals surface area contributed by atoms with Crippen molar-refractivity contribution >= 4 is 16.5 Å². The molecule has 5 heteroatoms. The van der Waals surface area contributed by atoms with Crippen LogP contribution in [0.4, 0.5) is 5.13 Å². The second-order valence-electron chi connectivity index (χ2n) is 4.34. The van der Waals surface area contributed by atoms with E-state index in [2.05, 4.69) is 34.4 Å². The Morgan fingerprint density at radius 2 is 2.11 bits per heavy atom. The second kappa shape index (κ2) is 9.30. The number of anilines is 1. The van der Waals surface area contributed by atoms with Gasteiger partial charge in [0.25, 0.3) is 0 Å². The standard InChI is InChI=1S/C13H26N4S/c1-3-17(4-2)10-6-5-9-15-13-16-12(7-8-14)11-18-13/h11H,3-10,14H2,1-2H3,(H,15,16). The maximum Gasteiger partial charge on any atom is 0.182 e. The number of hydrogen-bond acceptors (Lipinski definition) is 5. The maximum atomic E-state index is 5.50. The Morgan fingerprint density at radius 3 is 2.78 bits per heavy atom. The molecular formula is C13H26N4S. The average Bonchev–Trinajstić information content (AvgIpc) is 2.82. The lowest BCUT2D eigenvalue weighted by Gasteiger charge is -2.17. The molecule has 0 bridgehead atoms. The van der Waals surface area contributed by atoms with E-state index in [1.807, 2.05) is 0 Å². The first kappa shape index (κ1) is 15.4. The molecule has 0 radical (unpaired) electrons. The number of rotatable bonds is 10.